The summed E-state index contributed by atoms with van der Waals surface area (Å²) in [6.07, 6.45) is -42.6. The Balaban J connectivity index is 7.50. The second-order valence-corrected chi connectivity index (χ2v) is 5.59. The van der Waals surface area contributed by atoms with Crippen LogP contribution in [0.4, 0.5) is 96.6 Å². The lowest BCUT2D eigenvalue weighted by Crippen LogP contribution is -2.78. The molecule has 0 heterocycles. The van der Waals surface area contributed by atoms with Gasteiger partial charge >= 0.3 is 60.1 Å². The molecule has 0 saturated carbocycles. The molecular weight excluding hydrogens is 554 g/mol. The van der Waals surface area contributed by atoms with Crippen molar-refractivity contribution in [2.75, 3.05) is 0 Å². The molecular formula is C10F22O. The molecule has 0 aromatic carbocycles. The molecule has 33 heavy (non-hydrogen) atoms. The first-order valence-electron chi connectivity index (χ1n) is 6.57. The van der Waals surface area contributed by atoms with E-state index >= 15 is 0 Å². The van der Waals surface area contributed by atoms with Gasteiger partial charge in [0.15, 0.2) is 0 Å². The summed E-state index contributed by atoms with van der Waals surface area (Å²) < 4.78 is 279. The first-order valence-corrected chi connectivity index (χ1v) is 6.57. The number of halogens is 22. The molecule has 0 N–H and O–H groups in total. The second-order valence-electron chi connectivity index (χ2n) is 5.59. The maximum Gasteiger partial charge on any atom is 0.460 e. The van der Waals surface area contributed by atoms with Crippen LogP contribution in [0.2, 0.25) is 0 Å². The highest BCUT2D eigenvalue weighted by atomic mass is 19.4. The van der Waals surface area contributed by atoms with E-state index in [1.54, 1.807) is 0 Å². The van der Waals surface area contributed by atoms with Gasteiger partial charge in [0.05, 0.1) is 0 Å². The average molecular weight is 554 g/mol. The molecule has 0 spiro atoms. The molecule has 200 valence electrons. The van der Waals surface area contributed by atoms with Gasteiger partial charge in [0, 0.05) is 0 Å². The van der Waals surface area contributed by atoms with E-state index in [4.69, 9.17) is 0 Å². The normalized spacial score (nSPS) is 16.9. The Labute approximate surface area is 163 Å². The first-order chi connectivity index (χ1) is 13.7. The first kappa shape index (κ1) is 31.4. The van der Waals surface area contributed by atoms with Crippen LogP contribution in [-0.4, -0.2) is 60.1 Å². The van der Waals surface area contributed by atoms with Crippen LogP contribution in [-0.2, 0) is 4.74 Å². The van der Waals surface area contributed by atoms with Crippen molar-refractivity contribution in [2.45, 2.75) is 60.1 Å². The van der Waals surface area contributed by atoms with Crippen LogP contribution in [0.25, 0.3) is 0 Å². The smallest absolute Gasteiger partial charge is 0.284 e. The molecule has 0 aliphatic carbocycles. The molecule has 0 amide bonds. The van der Waals surface area contributed by atoms with E-state index in [1.165, 1.54) is 0 Å². The number of hydrogen-bond donors (Lipinski definition) is 0. The van der Waals surface area contributed by atoms with Gasteiger partial charge < -0.3 is 0 Å². The van der Waals surface area contributed by atoms with E-state index in [0.29, 0.717) is 0 Å². The molecule has 0 rings (SSSR count). The van der Waals surface area contributed by atoms with Gasteiger partial charge in [-0.2, -0.15) is 96.6 Å². The molecule has 0 aromatic heterocycles. The summed E-state index contributed by atoms with van der Waals surface area (Å²) >= 11 is 0. The zero-order valence-corrected chi connectivity index (χ0v) is 13.7. The molecule has 0 unspecified atom stereocenters. The third-order valence-corrected chi connectivity index (χ3v) is 3.39. The average Bonchev–Trinajstić information content (AvgIpc) is 2.46. The fraction of sp³-hybridized carbons (Fsp3) is 1.00. The zero-order valence-electron chi connectivity index (χ0n) is 13.7. The van der Waals surface area contributed by atoms with Gasteiger partial charge in [-0.25, -0.2) is 0 Å². The van der Waals surface area contributed by atoms with Crippen molar-refractivity contribution in [3.63, 3.8) is 0 Å². The highest BCUT2D eigenvalue weighted by Gasteiger charge is 2.97. The Morgan fingerprint density at radius 1 is 0.273 bits per heavy atom. The van der Waals surface area contributed by atoms with E-state index in [9.17, 15) is 96.6 Å². The summed E-state index contributed by atoms with van der Waals surface area (Å²) in [4.78, 5) is 0. The molecule has 0 aliphatic heterocycles. The van der Waals surface area contributed by atoms with E-state index in [1.807, 2.05) is 0 Å². The summed E-state index contributed by atoms with van der Waals surface area (Å²) in [5.41, 5.74) is -9.14. The van der Waals surface area contributed by atoms with Crippen LogP contribution in [0.5, 0.6) is 0 Å². The Hall–Kier alpha value is -1.58. The van der Waals surface area contributed by atoms with E-state index < -0.39 is 60.1 Å². The minimum atomic E-state index is -9.18. The van der Waals surface area contributed by atoms with Crippen molar-refractivity contribution in [1.29, 1.82) is 0 Å². The van der Waals surface area contributed by atoms with Crippen LogP contribution in [0.15, 0.2) is 0 Å². The van der Waals surface area contributed by atoms with Gasteiger partial charge in [-0.05, 0) is 0 Å². The molecule has 0 fully saturated rings. The number of alkyl halides is 22. The van der Waals surface area contributed by atoms with Crippen LogP contribution in [0, 0.1) is 0 Å². The van der Waals surface area contributed by atoms with Crippen molar-refractivity contribution in [3.05, 3.63) is 0 Å². The molecule has 0 bridgehead atoms. The fourth-order valence-electron chi connectivity index (χ4n) is 1.71. The third-order valence-electron chi connectivity index (χ3n) is 3.39. The summed E-state index contributed by atoms with van der Waals surface area (Å²) in [7, 11) is 0. The van der Waals surface area contributed by atoms with E-state index in [0.717, 1.165) is 4.74 Å². The SMILES string of the molecule is FC(F)(F)C(F)(F)C(F)(F)C(F)(F)OC(C(F)(F)F)(C(F)(F)F)C(F)(F)C(F)(F)C(F)(F)F. The van der Waals surface area contributed by atoms with Crippen molar-refractivity contribution in [3.8, 4) is 0 Å². The number of ether oxygens (including phenoxy) is 1. The van der Waals surface area contributed by atoms with Crippen molar-refractivity contribution in [2.24, 2.45) is 0 Å². The fourth-order valence-corrected chi connectivity index (χ4v) is 1.71. The lowest BCUT2D eigenvalue weighted by molar-refractivity contribution is -0.541. The van der Waals surface area contributed by atoms with Gasteiger partial charge in [-0.3, -0.25) is 4.74 Å². The summed E-state index contributed by atoms with van der Waals surface area (Å²) in [5.74, 6) is -35.1. The van der Waals surface area contributed by atoms with Gasteiger partial charge in [0.2, 0.25) is 0 Å². The van der Waals surface area contributed by atoms with Crippen LogP contribution in [0.3, 0.4) is 0 Å². The molecule has 0 radical (unpaired) electrons. The number of rotatable bonds is 6. The predicted octanol–water partition coefficient (Wildman–Crippen LogP) is 7.13. The second kappa shape index (κ2) is 7.46. The lowest BCUT2D eigenvalue weighted by atomic mass is 9.87. The Morgan fingerprint density at radius 3 is 0.727 bits per heavy atom. The van der Waals surface area contributed by atoms with Crippen molar-refractivity contribution < 1.29 is 101 Å². The van der Waals surface area contributed by atoms with Gasteiger partial charge in [0.1, 0.15) is 0 Å². The van der Waals surface area contributed by atoms with Gasteiger partial charge in [-0.15, -0.1) is 0 Å². The van der Waals surface area contributed by atoms with Crippen LogP contribution >= 0.6 is 0 Å². The van der Waals surface area contributed by atoms with Gasteiger partial charge in [0.25, 0.3) is 0 Å². The standard InChI is InChI=1S/C10F22O/c11-2(12,3(13,14)8(25,26)27)1(6(19,20)21,7(22,23)24)33-10(31,32)5(17,18)4(15,16)9(28,29)30. The van der Waals surface area contributed by atoms with Gasteiger partial charge in [-0.1, -0.05) is 0 Å². The topological polar surface area (TPSA) is 9.23 Å². The van der Waals surface area contributed by atoms with E-state index in [2.05, 4.69) is 0 Å². The Morgan fingerprint density at radius 2 is 0.515 bits per heavy atom. The maximum absolute atomic E-state index is 13.4. The largest absolute Gasteiger partial charge is 0.460 e. The molecule has 0 aromatic rings. The zero-order chi connectivity index (χ0) is 27.7. The quantitative estimate of drug-likeness (QED) is 0.318. The molecule has 1 nitrogen and oxygen atoms in total. The molecule has 23 heteroatoms. The van der Waals surface area contributed by atoms with Crippen molar-refractivity contribution >= 4 is 0 Å². The Bertz CT molecular complexity index is 685. The minimum absolute atomic E-state index is 0.804. The highest BCUT2D eigenvalue weighted by molar-refractivity contribution is 5.15. The van der Waals surface area contributed by atoms with Crippen molar-refractivity contribution in [1.82, 2.24) is 0 Å². The summed E-state index contributed by atoms with van der Waals surface area (Å²) in [5, 5.41) is 0. The predicted molar refractivity (Wildman–Crippen MR) is 52.8 cm³/mol. The van der Waals surface area contributed by atoms with Crippen LogP contribution in [0.1, 0.15) is 0 Å². The summed E-state index contributed by atoms with van der Waals surface area (Å²) in [6, 6.07) is 0. The summed E-state index contributed by atoms with van der Waals surface area (Å²) in [6.45, 7) is 0. The Kier molecular flexibility index (Phi) is 7.10. The number of hydrogen-bond acceptors (Lipinski definition) is 1. The monoisotopic (exact) mass is 554 g/mol. The molecule has 0 aliphatic rings. The molecule has 0 saturated heterocycles. The molecule has 0 atom stereocenters. The highest BCUT2D eigenvalue weighted by Crippen LogP contribution is 2.65. The minimum Gasteiger partial charge on any atom is -0.284 e. The van der Waals surface area contributed by atoms with E-state index in [-0.39, 0.29) is 0 Å². The third kappa shape index (κ3) is 4.21. The maximum atomic E-state index is 13.4. The van der Waals surface area contributed by atoms with Crippen LogP contribution < -0.4 is 0 Å². The lowest BCUT2D eigenvalue weighted by Gasteiger charge is -2.46.